The maximum absolute atomic E-state index is 13.7. The Hall–Kier alpha value is -0.0600. The molecule has 0 bridgehead atoms. The van der Waals surface area contributed by atoms with Gasteiger partial charge in [0.2, 0.25) is 0 Å². The fourth-order valence-electron chi connectivity index (χ4n) is 2.07. The topological polar surface area (TPSA) is 20.2 Å². The van der Waals surface area contributed by atoms with Crippen LogP contribution in [0.25, 0.3) is 0 Å². The standard InChI is InChI=1S/C12H14BrFOS/c1-12(5-2-6-16-12)11(15)9-7-8(13)3-4-10(9)14/h3-4,7,11,15H,2,5-6H2,1H3. The molecule has 2 rings (SSSR count). The summed E-state index contributed by atoms with van der Waals surface area (Å²) in [5.74, 6) is 0.716. The summed E-state index contributed by atoms with van der Waals surface area (Å²) in [5.41, 5.74) is 0.395. The Labute approximate surface area is 108 Å². The van der Waals surface area contributed by atoms with Gasteiger partial charge in [-0.15, -0.1) is 0 Å². The van der Waals surface area contributed by atoms with E-state index in [0.29, 0.717) is 5.56 Å². The molecule has 0 aliphatic carbocycles. The molecule has 1 heterocycles. The number of hydrogen-bond donors (Lipinski definition) is 1. The van der Waals surface area contributed by atoms with E-state index in [9.17, 15) is 9.50 Å². The molecule has 2 unspecified atom stereocenters. The highest BCUT2D eigenvalue weighted by molar-refractivity contribution is 9.10. The normalized spacial score (nSPS) is 27.0. The van der Waals surface area contributed by atoms with Gasteiger partial charge in [-0.2, -0.15) is 11.8 Å². The Morgan fingerprint density at radius 1 is 1.56 bits per heavy atom. The molecule has 88 valence electrons. The molecule has 2 atom stereocenters. The van der Waals surface area contributed by atoms with Crippen LogP contribution in [0.5, 0.6) is 0 Å². The van der Waals surface area contributed by atoms with Gasteiger partial charge >= 0.3 is 0 Å². The monoisotopic (exact) mass is 304 g/mol. The molecule has 1 nitrogen and oxygen atoms in total. The Bertz CT molecular complexity index is 391. The number of thioether (sulfide) groups is 1. The van der Waals surface area contributed by atoms with Crippen molar-refractivity contribution in [1.82, 2.24) is 0 Å². The minimum atomic E-state index is -0.738. The van der Waals surface area contributed by atoms with Crippen molar-refractivity contribution >= 4 is 27.7 Å². The summed E-state index contributed by atoms with van der Waals surface area (Å²) in [7, 11) is 0. The molecule has 0 radical (unpaired) electrons. The maximum Gasteiger partial charge on any atom is 0.129 e. The van der Waals surface area contributed by atoms with Crippen molar-refractivity contribution in [3.63, 3.8) is 0 Å². The summed E-state index contributed by atoms with van der Waals surface area (Å²) in [4.78, 5) is 0. The van der Waals surface area contributed by atoms with Crippen molar-refractivity contribution in [3.8, 4) is 0 Å². The zero-order valence-electron chi connectivity index (χ0n) is 9.04. The highest BCUT2D eigenvalue weighted by Gasteiger charge is 2.38. The Morgan fingerprint density at radius 2 is 2.31 bits per heavy atom. The summed E-state index contributed by atoms with van der Waals surface area (Å²) < 4.78 is 14.2. The van der Waals surface area contributed by atoms with Gasteiger partial charge in [0.05, 0.1) is 6.10 Å². The predicted octanol–water partition coefficient (Wildman–Crippen LogP) is 3.91. The van der Waals surface area contributed by atoms with Crippen molar-refractivity contribution in [3.05, 3.63) is 34.1 Å². The number of benzene rings is 1. The number of aliphatic hydroxyl groups is 1. The second kappa shape index (κ2) is 4.67. The molecular weight excluding hydrogens is 291 g/mol. The Balaban J connectivity index is 2.32. The van der Waals surface area contributed by atoms with E-state index in [2.05, 4.69) is 15.9 Å². The van der Waals surface area contributed by atoms with Crippen molar-refractivity contribution in [1.29, 1.82) is 0 Å². The molecule has 0 saturated carbocycles. The zero-order chi connectivity index (χ0) is 11.8. The van der Waals surface area contributed by atoms with Gasteiger partial charge in [-0.1, -0.05) is 15.9 Å². The van der Waals surface area contributed by atoms with E-state index in [-0.39, 0.29) is 10.6 Å². The third kappa shape index (κ3) is 2.29. The molecule has 1 aliphatic rings. The number of halogens is 2. The van der Waals surface area contributed by atoms with Gasteiger partial charge in [-0.3, -0.25) is 0 Å². The first-order valence-electron chi connectivity index (χ1n) is 5.30. The van der Waals surface area contributed by atoms with Crippen LogP contribution in [0, 0.1) is 5.82 Å². The van der Waals surface area contributed by atoms with Crippen LogP contribution >= 0.6 is 27.7 Å². The van der Waals surface area contributed by atoms with Gasteiger partial charge in [-0.05, 0) is 43.7 Å². The van der Waals surface area contributed by atoms with Gasteiger partial charge in [0.15, 0.2) is 0 Å². The minimum Gasteiger partial charge on any atom is -0.387 e. The third-order valence-corrected chi connectivity index (χ3v) is 5.15. The summed E-state index contributed by atoms with van der Waals surface area (Å²) in [6, 6.07) is 4.71. The van der Waals surface area contributed by atoms with Crippen LogP contribution in [0.2, 0.25) is 0 Å². The lowest BCUT2D eigenvalue weighted by Crippen LogP contribution is -2.27. The molecule has 4 heteroatoms. The lowest BCUT2D eigenvalue weighted by Gasteiger charge is -2.29. The lowest BCUT2D eigenvalue weighted by molar-refractivity contribution is 0.131. The SMILES string of the molecule is CC1(C(O)c2cc(Br)ccc2F)CCCS1. The zero-order valence-corrected chi connectivity index (χ0v) is 11.4. The molecule has 1 aromatic carbocycles. The Kier molecular flexibility index (Phi) is 3.62. The van der Waals surface area contributed by atoms with E-state index in [1.54, 1.807) is 23.9 Å². The second-order valence-electron chi connectivity index (χ2n) is 4.33. The number of aliphatic hydroxyl groups excluding tert-OH is 1. The van der Waals surface area contributed by atoms with Gasteiger partial charge in [-0.25, -0.2) is 4.39 Å². The van der Waals surface area contributed by atoms with Gasteiger partial charge in [0, 0.05) is 14.8 Å². The van der Waals surface area contributed by atoms with Crippen LogP contribution in [0.3, 0.4) is 0 Å². The molecule has 0 amide bonds. The average molecular weight is 305 g/mol. The van der Waals surface area contributed by atoms with Crippen LogP contribution in [-0.4, -0.2) is 15.6 Å². The van der Waals surface area contributed by atoms with E-state index in [1.807, 2.05) is 6.92 Å². The molecule has 1 aliphatic heterocycles. The van der Waals surface area contributed by atoms with E-state index in [1.165, 1.54) is 6.07 Å². The van der Waals surface area contributed by atoms with E-state index >= 15 is 0 Å². The molecule has 1 saturated heterocycles. The summed E-state index contributed by atoms with van der Waals surface area (Å²) in [6.07, 6.45) is 1.29. The number of rotatable bonds is 2. The third-order valence-electron chi connectivity index (χ3n) is 3.08. The lowest BCUT2D eigenvalue weighted by atomic mass is 9.92. The summed E-state index contributed by atoms with van der Waals surface area (Å²) in [5, 5.41) is 10.3. The van der Waals surface area contributed by atoms with Crippen molar-refractivity contribution in [2.24, 2.45) is 0 Å². The molecule has 0 aromatic heterocycles. The first-order chi connectivity index (χ1) is 7.53. The van der Waals surface area contributed by atoms with Crippen LogP contribution in [0.4, 0.5) is 4.39 Å². The first kappa shape index (κ1) is 12.4. The maximum atomic E-state index is 13.7. The molecule has 1 aromatic rings. The fraction of sp³-hybridized carbons (Fsp3) is 0.500. The summed E-state index contributed by atoms with van der Waals surface area (Å²) in [6.45, 7) is 2.01. The molecular formula is C12H14BrFOS. The van der Waals surface area contributed by atoms with Gasteiger partial charge in [0.1, 0.15) is 5.82 Å². The number of hydrogen-bond acceptors (Lipinski definition) is 2. The van der Waals surface area contributed by atoms with E-state index in [0.717, 1.165) is 23.1 Å². The smallest absolute Gasteiger partial charge is 0.129 e. The van der Waals surface area contributed by atoms with E-state index < -0.39 is 6.10 Å². The van der Waals surface area contributed by atoms with Crippen LogP contribution in [-0.2, 0) is 0 Å². The Morgan fingerprint density at radius 3 is 2.94 bits per heavy atom. The molecule has 0 spiro atoms. The van der Waals surface area contributed by atoms with Crippen LogP contribution < -0.4 is 0 Å². The molecule has 16 heavy (non-hydrogen) atoms. The van der Waals surface area contributed by atoms with Gasteiger partial charge < -0.3 is 5.11 Å². The molecule has 1 N–H and O–H groups in total. The van der Waals surface area contributed by atoms with Crippen LogP contribution in [0.1, 0.15) is 31.4 Å². The quantitative estimate of drug-likeness (QED) is 0.894. The molecule has 1 fully saturated rings. The van der Waals surface area contributed by atoms with Gasteiger partial charge in [0.25, 0.3) is 0 Å². The summed E-state index contributed by atoms with van der Waals surface area (Å²) >= 11 is 5.04. The first-order valence-corrected chi connectivity index (χ1v) is 7.08. The van der Waals surface area contributed by atoms with Crippen LogP contribution in [0.15, 0.2) is 22.7 Å². The highest BCUT2D eigenvalue weighted by Crippen LogP contribution is 2.47. The van der Waals surface area contributed by atoms with Crippen molar-refractivity contribution in [2.45, 2.75) is 30.6 Å². The average Bonchev–Trinajstić information content (AvgIpc) is 2.69. The predicted molar refractivity (Wildman–Crippen MR) is 69.2 cm³/mol. The largest absolute Gasteiger partial charge is 0.387 e. The second-order valence-corrected chi connectivity index (χ2v) is 6.88. The van der Waals surface area contributed by atoms with Crippen molar-refractivity contribution in [2.75, 3.05) is 5.75 Å². The fourth-order valence-corrected chi connectivity index (χ4v) is 3.78. The van der Waals surface area contributed by atoms with Crippen molar-refractivity contribution < 1.29 is 9.50 Å². The van der Waals surface area contributed by atoms with E-state index in [4.69, 9.17) is 0 Å². The minimum absolute atomic E-state index is 0.248. The highest BCUT2D eigenvalue weighted by atomic mass is 79.9.